The minimum absolute atomic E-state index is 0.0740. The zero-order valence-electron chi connectivity index (χ0n) is 16.1. The van der Waals surface area contributed by atoms with Crippen molar-refractivity contribution in [3.8, 4) is 0 Å². The second-order valence-corrected chi connectivity index (χ2v) is 7.89. The summed E-state index contributed by atoms with van der Waals surface area (Å²) >= 11 is 0. The van der Waals surface area contributed by atoms with E-state index in [9.17, 15) is 9.59 Å². The molecule has 1 saturated carbocycles. The Morgan fingerprint density at radius 2 is 1.77 bits per heavy atom. The maximum atomic E-state index is 12.1. The molecule has 26 heavy (non-hydrogen) atoms. The first-order valence-electron chi connectivity index (χ1n) is 9.52. The first kappa shape index (κ1) is 20.4. The fraction of sp³-hybridized carbons (Fsp3) is 0.619. The van der Waals surface area contributed by atoms with Crippen molar-refractivity contribution in [1.29, 1.82) is 0 Å². The molecule has 0 spiro atoms. The van der Waals surface area contributed by atoms with E-state index in [4.69, 9.17) is 9.84 Å². The highest BCUT2D eigenvalue weighted by Crippen LogP contribution is 2.40. The lowest BCUT2D eigenvalue weighted by molar-refractivity contribution is -0.125. The minimum Gasteiger partial charge on any atom is -0.452 e. The lowest BCUT2D eigenvalue weighted by atomic mass is 9.69. The molecule has 0 radical (unpaired) electrons. The topological polar surface area (TPSA) is 75.6 Å². The fourth-order valence-electron chi connectivity index (χ4n) is 3.54. The van der Waals surface area contributed by atoms with Gasteiger partial charge in [-0.15, -0.1) is 0 Å². The molecule has 1 aliphatic carbocycles. The summed E-state index contributed by atoms with van der Waals surface area (Å²) in [4.78, 5) is 24.0. The smallest absolute Gasteiger partial charge is 0.338 e. The Labute approximate surface area is 156 Å². The molecule has 5 heteroatoms. The van der Waals surface area contributed by atoms with Crippen LogP contribution in [0.2, 0.25) is 0 Å². The first-order chi connectivity index (χ1) is 12.4. The number of carbonyl (C=O) groups excluding carboxylic acids is 2. The van der Waals surface area contributed by atoms with Crippen LogP contribution >= 0.6 is 0 Å². The Balaban J connectivity index is 1.73. The molecule has 1 aromatic carbocycles. The van der Waals surface area contributed by atoms with Crippen molar-refractivity contribution in [3.05, 3.63) is 35.4 Å². The predicted molar refractivity (Wildman–Crippen MR) is 101 cm³/mol. The van der Waals surface area contributed by atoms with Crippen molar-refractivity contribution in [2.75, 3.05) is 6.61 Å². The van der Waals surface area contributed by atoms with E-state index in [1.54, 1.807) is 24.3 Å². The van der Waals surface area contributed by atoms with Crippen LogP contribution in [0.5, 0.6) is 0 Å². The van der Waals surface area contributed by atoms with Gasteiger partial charge in [-0.2, -0.15) is 0 Å². The quantitative estimate of drug-likeness (QED) is 0.730. The van der Waals surface area contributed by atoms with E-state index in [0.717, 1.165) is 31.2 Å². The summed E-state index contributed by atoms with van der Waals surface area (Å²) in [6.07, 6.45) is 5.39. The van der Waals surface area contributed by atoms with Gasteiger partial charge in [-0.3, -0.25) is 4.79 Å². The molecule has 1 aromatic rings. The van der Waals surface area contributed by atoms with E-state index in [-0.39, 0.29) is 25.2 Å². The molecule has 1 fully saturated rings. The zero-order valence-corrected chi connectivity index (χ0v) is 16.1. The van der Waals surface area contributed by atoms with E-state index in [1.807, 2.05) is 0 Å². The summed E-state index contributed by atoms with van der Waals surface area (Å²) < 4.78 is 5.08. The number of aliphatic hydroxyl groups excluding tert-OH is 1. The Morgan fingerprint density at radius 3 is 2.31 bits per heavy atom. The van der Waals surface area contributed by atoms with Crippen LogP contribution in [0.25, 0.3) is 0 Å². The predicted octanol–water partition coefficient (Wildman–Crippen LogP) is 3.45. The SMILES string of the molecule is CCC(C)(C)C1CCC(NC(=O)COC(=O)c2ccc(CO)cc2)CC1. The number of carbonyl (C=O) groups is 2. The molecule has 0 aliphatic heterocycles. The molecular formula is C21H31NO4. The van der Waals surface area contributed by atoms with Crippen molar-refractivity contribution in [1.82, 2.24) is 5.32 Å². The summed E-state index contributed by atoms with van der Waals surface area (Å²) in [6.45, 7) is 6.54. The highest BCUT2D eigenvalue weighted by Gasteiger charge is 2.32. The number of ether oxygens (including phenoxy) is 1. The van der Waals surface area contributed by atoms with Gasteiger partial charge in [0.25, 0.3) is 5.91 Å². The molecule has 2 rings (SSSR count). The van der Waals surface area contributed by atoms with Gasteiger partial charge in [0.1, 0.15) is 0 Å². The monoisotopic (exact) mass is 361 g/mol. The van der Waals surface area contributed by atoms with Gasteiger partial charge in [0.15, 0.2) is 6.61 Å². The van der Waals surface area contributed by atoms with Crippen LogP contribution in [0.4, 0.5) is 0 Å². The molecule has 144 valence electrons. The number of hydrogen-bond acceptors (Lipinski definition) is 4. The normalized spacial score (nSPS) is 20.5. The van der Waals surface area contributed by atoms with Gasteiger partial charge in [0.2, 0.25) is 0 Å². The maximum Gasteiger partial charge on any atom is 0.338 e. The average molecular weight is 361 g/mol. The van der Waals surface area contributed by atoms with Crippen LogP contribution in [0.1, 0.15) is 68.8 Å². The lowest BCUT2D eigenvalue weighted by Gasteiger charge is -2.39. The summed E-state index contributed by atoms with van der Waals surface area (Å²) in [5.74, 6) is -0.0676. The second-order valence-electron chi connectivity index (χ2n) is 7.89. The van der Waals surface area contributed by atoms with Crippen molar-refractivity contribution in [2.24, 2.45) is 11.3 Å². The molecule has 0 bridgehead atoms. The van der Waals surface area contributed by atoms with Gasteiger partial charge >= 0.3 is 5.97 Å². The third-order valence-electron chi connectivity index (χ3n) is 5.82. The van der Waals surface area contributed by atoms with Crippen LogP contribution in [0.3, 0.4) is 0 Å². The lowest BCUT2D eigenvalue weighted by Crippen LogP contribution is -2.41. The molecule has 2 N–H and O–H groups in total. The van der Waals surface area contributed by atoms with Crippen LogP contribution in [-0.4, -0.2) is 29.6 Å². The van der Waals surface area contributed by atoms with E-state index < -0.39 is 5.97 Å². The van der Waals surface area contributed by atoms with E-state index in [2.05, 4.69) is 26.1 Å². The van der Waals surface area contributed by atoms with Crippen LogP contribution < -0.4 is 5.32 Å². The number of rotatable bonds is 7. The summed E-state index contributed by atoms with van der Waals surface area (Å²) in [7, 11) is 0. The number of esters is 1. The number of amides is 1. The van der Waals surface area contributed by atoms with Crippen molar-refractivity contribution < 1.29 is 19.4 Å². The molecule has 0 aromatic heterocycles. The summed E-state index contributed by atoms with van der Waals surface area (Å²) in [5, 5.41) is 12.0. The Kier molecular flexibility index (Phi) is 7.21. The second kappa shape index (κ2) is 9.17. The van der Waals surface area contributed by atoms with Crippen molar-refractivity contribution in [2.45, 2.75) is 65.5 Å². The highest BCUT2D eigenvalue weighted by atomic mass is 16.5. The first-order valence-corrected chi connectivity index (χ1v) is 9.52. The number of hydrogen-bond donors (Lipinski definition) is 2. The molecular weight excluding hydrogens is 330 g/mol. The van der Waals surface area contributed by atoms with Crippen molar-refractivity contribution in [3.63, 3.8) is 0 Å². The standard InChI is InChI=1S/C21H31NO4/c1-4-21(2,3)17-9-11-18(12-10-17)22-19(24)14-26-20(25)16-7-5-15(13-23)6-8-16/h5-8,17-18,23H,4,9-14H2,1-3H3,(H,22,24). The number of aliphatic hydroxyl groups is 1. The highest BCUT2D eigenvalue weighted by molar-refractivity contribution is 5.91. The summed E-state index contributed by atoms with van der Waals surface area (Å²) in [5.41, 5.74) is 1.45. The number of benzene rings is 1. The molecule has 0 atom stereocenters. The van der Waals surface area contributed by atoms with Crippen LogP contribution in [0, 0.1) is 11.3 Å². The van der Waals surface area contributed by atoms with Gasteiger partial charge in [-0.25, -0.2) is 4.79 Å². The van der Waals surface area contributed by atoms with Crippen LogP contribution in [0.15, 0.2) is 24.3 Å². The largest absolute Gasteiger partial charge is 0.452 e. The third kappa shape index (κ3) is 5.56. The Bertz CT molecular complexity index is 601. The van der Waals surface area contributed by atoms with Crippen molar-refractivity contribution >= 4 is 11.9 Å². The third-order valence-corrected chi connectivity index (χ3v) is 5.82. The molecule has 1 aliphatic rings. The van der Waals surface area contributed by atoms with E-state index in [0.29, 0.717) is 16.9 Å². The molecule has 0 saturated heterocycles. The van der Waals surface area contributed by atoms with Gasteiger partial charge in [-0.05, 0) is 54.7 Å². The van der Waals surface area contributed by atoms with Crippen LogP contribution in [-0.2, 0) is 16.1 Å². The van der Waals surface area contributed by atoms with Gasteiger partial charge < -0.3 is 15.2 Å². The molecule has 0 unspecified atom stereocenters. The molecule has 0 heterocycles. The minimum atomic E-state index is -0.530. The zero-order chi connectivity index (χ0) is 19.2. The van der Waals surface area contributed by atoms with Gasteiger partial charge in [0, 0.05) is 6.04 Å². The summed E-state index contributed by atoms with van der Waals surface area (Å²) in [6, 6.07) is 6.67. The molecule has 1 amide bonds. The molecule has 5 nitrogen and oxygen atoms in total. The maximum absolute atomic E-state index is 12.1. The van der Waals surface area contributed by atoms with E-state index >= 15 is 0 Å². The number of nitrogens with one attached hydrogen (secondary N) is 1. The Morgan fingerprint density at radius 1 is 1.15 bits per heavy atom. The average Bonchev–Trinajstić information content (AvgIpc) is 2.66. The van der Waals surface area contributed by atoms with Gasteiger partial charge in [0.05, 0.1) is 12.2 Å². The Hall–Kier alpha value is -1.88. The van der Waals surface area contributed by atoms with E-state index in [1.165, 1.54) is 6.42 Å². The fourth-order valence-corrected chi connectivity index (χ4v) is 3.54. The van der Waals surface area contributed by atoms with Gasteiger partial charge in [-0.1, -0.05) is 39.3 Å².